The molecule has 25 heavy (non-hydrogen) atoms. The van der Waals surface area contributed by atoms with E-state index in [1.807, 2.05) is 18.2 Å². The molecule has 4 nitrogen and oxygen atoms in total. The third-order valence-electron chi connectivity index (χ3n) is 4.85. The molecule has 2 aromatic carbocycles. The number of rotatable bonds is 7. The van der Waals surface area contributed by atoms with Gasteiger partial charge in [0.1, 0.15) is 5.75 Å². The van der Waals surface area contributed by atoms with Crippen LogP contribution in [0.5, 0.6) is 5.75 Å². The Morgan fingerprint density at radius 3 is 2.44 bits per heavy atom. The van der Waals surface area contributed by atoms with Crippen LogP contribution in [0, 0.1) is 5.92 Å². The number of benzene rings is 2. The molecule has 0 spiro atoms. The lowest BCUT2D eigenvalue weighted by Gasteiger charge is -2.27. The van der Waals surface area contributed by atoms with Crippen LogP contribution in [0.1, 0.15) is 30.9 Å². The van der Waals surface area contributed by atoms with Crippen LogP contribution >= 0.6 is 0 Å². The van der Waals surface area contributed by atoms with Crippen molar-refractivity contribution < 1.29 is 9.53 Å². The van der Waals surface area contributed by atoms with Crippen molar-refractivity contribution in [1.82, 2.24) is 4.90 Å². The monoisotopic (exact) mass is 338 g/mol. The highest BCUT2D eigenvalue weighted by atomic mass is 16.5. The molecule has 132 valence electrons. The molecule has 2 N–H and O–H groups in total. The number of likely N-dealkylation sites (tertiary alicyclic amines) is 1. The summed E-state index contributed by atoms with van der Waals surface area (Å²) < 4.78 is 6.22. The number of carbonyl (C=O) groups excluding carboxylic acids is 1. The lowest BCUT2D eigenvalue weighted by Crippen LogP contribution is -2.38. The van der Waals surface area contributed by atoms with E-state index in [1.54, 1.807) is 0 Å². The zero-order valence-corrected chi connectivity index (χ0v) is 14.7. The van der Waals surface area contributed by atoms with E-state index >= 15 is 0 Å². The van der Waals surface area contributed by atoms with Crippen LogP contribution in [0.25, 0.3) is 0 Å². The van der Waals surface area contributed by atoms with E-state index in [0.29, 0.717) is 6.42 Å². The van der Waals surface area contributed by atoms with E-state index in [2.05, 4.69) is 48.2 Å². The molecule has 2 aromatic rings. The van der Waals surface area contributed by atoms with Gasteiger partial charge in [0.2, 0.25) is 5.91 Å². The number of hydrogen-bond acceptors (Lipinski definition) is 3. The van der Waals surface area contributed by atoms with Gasteiger partial charge >= 0.3 is 0 Å². The maximum absolute atomic E-state index is 11.3. The highest BCUT2D eigenvalue weighted by Crippen LogP contribution is 2.29. The molecule has 3 rings (SSSR count). The number of nitrogens with two attached hydrogens (primary N) is 1. The molecule has 1 amide bonds. The van der Waals surface area contributed by atoms with Gasteiger partial charge in [-0.2, -0.15) is 0 Å². The maximum Gasteiger partial charge on any atom is 0.217 e. The van der Waals surface area contributed by atoms with Gasteiger partial charge in [0.25, 0.3) is 0 Å². The van der Waals surface area contributed by atoms with Crippen molar-refractivity contribution in [2.75, 3.05) is 13.1 Å². The Labute approximate surface area is 149 Å². The standard InChI is InChI=1S/C21H26N2O2/c1-2-23-13-12-18(15-20(22)24)21(23)25-19-10-8-17(9-11-19)14-16-6-4-3-5-7-16/h3-11,18,21H,2,12-15H2,1H3,(H2,22,24). The number of carbonyl (C=O) groups is 1. The summed E-state index contributed by atoms with van der Waals surface area (Å²) in [5.74, 6) is 0.757. The molecule has 1 fully saturated rings. The van der Waals surface area contributed by atoms with Crippen LogP contribution in [0.2, 0.25) is 0 Å². The molecule has 0 aromatic heterocycles. The van der Waals surface area contributed by atoms with Crippen molar-refractivity contribution in [2.24, 2.45) is 11.7 Å². The van der Waals surface area contributed by atoms with Gasteiger partial charge in [0, 0.05) is 18.9 Å². The molecule has 0 radical (unpaired) electrons. The van der Waals surface area contributed by atoms with Crippen LogP contribution in [-0.2, 0) is 11.2 Å². The van der Waals surface area contributed by atoms with Crippen molar-refractivity contribution in [1.29, 1.82) is 0 Å². The van der Waals surface area contributed by atoms with Crippen LogP contribution in [0.15, 0.2) is 54.6 Å². The zero-order valence-electron chi connectivity index (χ0n) is 14.7. The summed E-state index contributed by atoms with van der Waals surface area (Å²) in [6.45, 7) is 3.98. The van der Waals surface area contributed by atoms with Gasteiger partial charge in [0.05, 0.1) is 0 Å². The quantitative estimate of drug-likeness (QED) is 0.843. The van der Waals surface area contributed by atoms with E-state index in [1.165, 1.54) is 11.1 Å². The number of hydrogen-bond donors (Lipinski definition) is 1. The van der Waals surface area contributed by atoms with Gasteiger partial charge in [-0.25, -0.2) is 0 Å². The SMILES string of the molecule is CCN1CCC(CC(N)=O)C1Oc1ccc(Cc2ccccc2)cc1. The third kappa shape index (κ3) is 4.60. The Balaban J connectivity index is 1.66. The predicted molar refractivity (Wildman–Crippen MR) is 99.3 cm³/mol. The molecule has 1 heterocycles. The Hall–Kier alpha value is -2.33. The van der Waals surface area contributed by atoms with Gasteiger partial charge < -0.3 is 10.5 Å². The fraction of sp³-hybridized carbons (Fsp3) is 0.381. The van der Waals surface area contributed by atoms with E-state index < -0.39 is 0 Å². The second kappa shape index (κ2) is 8.17. The van der Waals surface area contributed by atoms with Crippen molar-refractivity contribution in [3.05, 3.63) is 65.7 Å². The van der Waals surface area contributed by atoms with Gasteiger partial charge in [-0.3, -0.25) is 9.69 Å². The van der Waals surface area contributed by atoms with Crippen LogP contribution < -0.4 is 10.5 Å². The number of primary amides is 1. The van der Waals surface area contributed by atoms with Crippen molar-refractivity contribution in [3.63, 3.8) is 0 Å². The Morgan fingerprint density at radius 2 is 1.80 bits per heavy atom. The molecule has 1 saturated heterocycles. The maximum atomic E-state index is 11.3. The first kappa shape index (κ1) is 17.5. The fourth-order valence-corrected chi connectivity index (χ4v) is 3.53. The zero-order chi connectivity index (χ0) is 17.6. The average molecular weight is 338 g/mol. The Bertz CT molecular complexity index is 685. The van der Waals surface area contributed by atoms with Gasteiger partial charge in [-0.1, -0.05) is 49.4 Å². The fourth-order valence-electron chi connectivity index (χ4n) is 3.53. The second-order valence-corrected chi connectivity index (χ2v) is 6.66. The van der Waals surface area contributed by atoms with Crippen molar-refractivity contribution in [2.45, 2.75) is 32.4 Å². The highest BCUT2D eigenvalue weighted by Gasteiger charge is 2.35. The van der Waals surface area contributed by atoms with E-state index in [0.717, 1.165) is 31.7 Å². The highest BCUT2D eigenvalue weighted by molar-refractivity contribution is 5.74. The van der Waals surface area contributed by atoms with Crippen LogP contribution in [0.4, 0.5) is 0 Å². The largest absolute Gasteiger partial charge is 0.475 e. The summed E-state index contributed by atoms with van der Waals surface area (Å²) in [6.07, 6.45) is 2.17. The second-order valence-electron chi connectivity index (χ2n) is 6.66. The summed E-state index contributed by atoms with van der Waals surface area (Å²) >= 11 is 0. The van der Waals surface area contributed by atoms with Crippen molar-refractivity contribution >= 4 is 5.91 Å². The molecule has 2 unspecified atom stereocenters. The van der Waals surface area contributed by atoms with Crippen molar-refractivity contribution in [3.8, 4) is 5.75 Å². The van der Waals surface area contributed by atoms with E-state index in [-0.39, 0.29) is 18.1 Å². The molecule has 0 aliphatic carbocycles. The van der Waals surface area contributed by atoms with Gasteiger partial charge in [-0.05, 0) is 42.6 Å². The predicted octanol–water partition coefficient (Wildman–Crippen LogP) is 3.20. The first-order chi connectivity index (χ1) is 12.2. The van der Waals surface area contributed by atoms with Gasteiger partial charge in [-0.15, -0.1) is 0 Å². The third-order valence-corrected chi connectivity index (χ3v) is 4.85. The molecule has 0 saturated carbocycles. The summed E-state index contributed by atoms with van der Waals surface area (Å²) in [5, 5.41) is 0. The van der Waals surface area contributed by atoms with E-state index in [9.17, 15) is 4.79 Å². The number of amides is 1. The lowest BCUT2D eigenvalue weighted by molar-refractivity contribution is -0.120. The topological polar surface area (TPSA) is 55.6 Å². The molecule has 2 atom stereocenters. The van der Waals surface area contributed by atoms with Crippen LogP contribution in [0.3, 0.4) is 0 Å². The summed E-state index contributed by atoms with van der Waals surface area (Å²) in [4.78, 5) is 13.6. The minimum Gasteiger partial charge on any atom is -0.475 e. The smallest absolute Gasteiger partial charge is 0.217 e. The molecular formula is C21H26N2O2. The van der Waals surface area contributed by atoms with Crippen LogP contribution in [-0.4, -0.2) is 30.1 Å². The molecule has 1 aliphatic rings. The number of nitrogens with zero attached hydrogens (tertiary/aromatic N) is 1. The van der Waals surface area contributed by atoms with Gasteiger partial charge in [0.15, 0.2) is 6.23 Å². The summed E-state index contributed by atoms with van der Waals surface area (Å²) in [5.41, 5.74) is 7.95. The Kier molecular flexibility index (Phi) is 5.71. The average Bonchev–Trinajstić information content (AvgIpc) is 2.98. The molecule has 4 heteroatoms. The minimum absolute atomic E-state index is 0.0718. The molecule has 0 bridgehead atoms. The summed E-state index contributed by atoms with van der Waals surface area (Å²) in [6, 6.07) is 18.7. The Morgan fingerprint density at radius 1 is 1.12 bits per heavy atom. The normalized spacial score (nSPS) is 20.5. The number of ether oxygens (including phenoxy) is 1. The first-order valence-electron chi connectivity index (χ1n) is 8.97. The molecular weight excluding hydrogens is 312 g/mol. The molecule has 1 aliphatic heterocycles. The minimum atomic E-state index is -0.255. The lowest BCUT2D eigenvalue weighted by atomic mass is 10.0. The first-order valence-corrected chi connectivity index (χ1v) is 8.97. The van der Waals surface area contributed by atoms with E-state index in [4.69, 9.17) is 10.5 Å². The summed E-state index contributed by atoms with van der Waals surface area (Å²) in [7, 11) is 0.